The van der Waals surface area contributed by atoms with Gasteiger partial charge in [0, 0.05) is 37.4 Å². The predicted molar refractivity (Wildman–Crippen MR) is 65.3 cm³/mol. The minimum Gasteiger partial charge on any atom is -0.336 e. The lowest BCUT2D eigenvalue weighted by atomic mass is 10.2. The number of piperazine rings is 1. The van der Waals surface area contributed by atoms with Crippen molar-refractivity contribution in [2.45, 2.75) is 13.0 Å². The van der Waals surface area contributed by atoms with E-state index in [9.17, 15) is 4.79 Å². The number of halogens is 1. The molecule has 0 saturated carbocycles. The van der Waals surface area contributed by atoms with Gasteiger partial charge < -0.3 is 10.2 Å². The number of pyridine rings is 1. The summed E-state index contributed by atoms with van der Waals surface area (Å²) in [4.78, 5) is 18.0. The summed E-state index contributed by atoms with van der Waals surface area (Å²) >= 11 is 3.27. The Kier molecular flexibility index (Phi) is 3.56. The average molecular weight is 284 g/mol. The molecule has 16 heavy (non-hydrogen) atoms. The summed E-state index contributed by atoms with van der Waals surface area (Å²) in [5, 5.41) is 3.31. The average Bonchev–Trinajstić information content (AvgIpc) is 2.28. The van der Waals surface area contributed by atoms with Crippen molar-refractivity contribution in [3.63, 3.8) is 0 Å². The number of aromatic nitrogens is 1. The Labute approximate surface area is 103 Å². The molecule has 5 heteroatoms. The van der Waals surface area contributed by atoms with Gasteiger partial charge in [-0.1, -0.05) is 0 Å². The maximum absolute atomic E-state index is 12.1. The summed E-state index contributed by atoms with van der Waals surface area (Å²) in [6.45, 7) is 4.48. The fraction of sp³-hybridized carbons (Fsp3) is 0.455. The van der Waals surface area contributed by atoms with Crippen LogP contribution in [-0.2, 0) is 0 Å². The highest BCUT2D eigenvalue weighted by molar-refractivity contribution is 9.10. The largest absolute Gasteiger partial charge is 0.336 e. The number of amides is 1. The summed E-state index contributed by atoms with van der Waals surface area (Å²) in [5.41, 5.74) is 0.691. The monoisotopic (exact) mass is 283 g/mol. The van der Waals surface area contributed by atoms with E-state index in [0.717, 1.165) is 19.6 Å². The third kappa shape index (κ3) is 2.59. The molecule has 1 aromatic rings. The van der Waals surface area contributed by atoms with Gasteiger partial charge in [-0.05, 0) is 35.0 Å². The van der Waals surface area contributed by atoms with Crippen LogP contribution < -0.4 is 5.32 Å². The summed E-state index contributed by atoms with van der Waals surface area (Å²) < 4.78 is 0.696. The first-order valence-electron chi connectivity index (χ1n) is 5.31. The van der Waals surface area contributed by atoms with E-state index >= 15 is 0 Å². The van der Waals surface area contributed by atoms with E-state index in [-0.39, 0.29) is 5.91 Å². The number of nitrogens with zero attached hydrogens (tertiary/aromatic N) is 2. The normalized spacial score (nSPS) is 20.9. The molecule has 1 aromatic heterocycles. The van der Waals surface area contributed by atoms with Crippen molar-refractivity contribution >= 4 is 21.8 Å². The molecule has 1 atom stereocenters. The summed E-state index contributed by atoms with van der Waals surface area (Å²) in [5.74, 6) is 0.0800. The number of hydrogen-bond donors (Lipinski definition) is 1. The van der Waals surface area contributed by atoms with E-state index in [1.165, 1.54) is 0 Å². The Morgan fingerprint density at radius 2 is 2.50 bits per heavy atom. The first kappa shape index (κ1) is 11.5. The molecule has 1 aliphatic heterocycles. The molecule has 1 aliphatic rings. The summed E-state index contributed by atoms with van der Waals surface area (Å²) in [6, 6.07) is 3.87. The van der Waals surface area contributed by atoms with Crippen LogP contribution in [0.2, 0.25) is 0 Å². The zero-order valence-corrected chi connectivity index (χ0v) is 10.7. The van der Waals surface area contributed by atoms with E-state index in [4.69, 9.17) is 0 Å². The molecular weight excluding hydrogens is 270 g/mol. The Hall–Kier alpha value is -0.940. The molecule has 4 nitrogen and oxygen atoms in total. The minimum absolute atomic E-state index is 0.0800. The maximum Gasteiger partial charge on any atom is 0.254 e. The van der Waals surface area contributed by atoms with Crippen LogP contribution in [0.1, 0.15) is 17.3 Å². The first-order chi connectivity index (χ1) is 7.66. The second kappa shape index (κ2) is 4.93. The van der Waals surface area contributed by atoms with Gasteiger partial charge in [-0.25, -0.2) is 4.98 Å². The Balaban J connectivity index is 2.12. The Morgan fingerprint density at radius 3 is 3.19 bits per heavy atom. The molecule has 0 aliphatic carbocycles. The van der Waals surface area contributed by atoms with Gasteiger partial charge in [0.2, 0.25) is 0 Å². The molecular formula is C11H14BrN3O. The minimum atomic E-state index is 0.0800. The van der Waals surface area contributed by atoms with Crippen LogP contribution in [0.15, 0.2) is 22.9 Å². The summed E-state index contributed by atoms with van der Waals surface area (Å²) in [7, 11) is 0. The van der Waals surface area contributed by atoms with Crippen LogP contribution in [0.4, 0.5) is 0 Å². The molecule has 1 N–H and O–H groups in total. The molecule has 2 rings (SSSR count). The van der Waals surface area contributed by atoms with Gasteiger partial charge >= 0.3 is 0 Å². The Bertz CT molecular complexity index is 397. The van der Waals surface area contributed by atoms with Crippen molar-refractivity contribution in [2.24, 2.45) is 0 Å². The van der Waals surface area contributed by atoms with Crippen LogP contribution in [0.3, 0.4) is 0 Å². The van der Waals surface area contributed by atoms with E-state index < -0.39 is 0 Å². The van der Waals surface area contributed by atoms with Crippen molar-refractivity contribution < 1.29 is 4.79 Å². The van der Waals surface area contributed by atoms with Crippen molar-refractivity contribution in [3.8, 4) is 0 Å². The van der Waals surface area contributed by atoms with Crippen molar-refractivity contribution in [2.75, 3.05) is 19.6 Å². The van der Waals surface area contributed by atoms with Crippen LogP contribution in [0, 0.1) is 0 Å². The lowest BCUT2D eigenvalue weighted by Gasteiger charge is -2.31. The van der Waals surface area contributed by atoms with Gasteiger partial charge in [-0.3, -0.25) is 4.79 Å². The molecule has 0 spiro atoms. The molecule has 1 amide bonds. The smallest absolute Gasteiger partial charge is 0.254 e. The van der Waals surface area contributed by atoms with Crippen molar-refractivity contribution in [1.82, 2.24) is 15.2 Å². The molecule has 0 bridgehead atoms. The third-order valence-corrected chi connectivity index (χ3v) is 3.06. The van der Waals surface area contributed by atoms with Gasteiger partial charge in [0.15, 0.2) is 0 Å². The van der Waals surface area contributed by atoms with E-state index in [1.54, 1.807) is 18.3 Å². The maximum atomic E-state index is 12.1. The fourth-order valence-electron chi connectivity index (χ4n) is 1.83. The lowest BCUT2D eigenvalue weighted by Crippen LogP contribution is -2.51. The standard InChI is InChI=1S/C11H14BrN3O/c1-8-7-15(5-4-13-8)11(16)9-2-3-14-10(12)6-9/h2-3,6,8,13H,4-5,7H2,1H3/t8-/m1/s1. The van der Waals surface area contributed by atoms with Crippen LogP contribution in [0.5, 0.6) is 0 Å². The highest BCUT2D eigenvalue weighted by Gasteiger charge is 2.21. The van der Waals surface area contributed by atoms with Gasteiger partial charge in [0.25, 0.3) is 5.91 Å². The molecule has 0 aromatic carbocycles. The molecule has 0 unspecified atom stereocenters. The molecule has 1 saturated heterocycles. The van der Waals surface area contributed by atoms with Gasteiger partial charge in [-0.15, -0.1) is 0 Å². The topological polar surface area (TPSA) is 45.2 Å². The van der Waals surface area contributed by atoms with Crippen molar-refractivity contribution in [3.05, 3.63) is 28.5 Å². The van der Waals surface area contributed by atoms with E-state index in [2.05, 4.69) is 33.2 Å². The third-order valence-electron chi connectivity index (χ3n) is 2.63. The highest BCUT2D eigenvalue weighted by Crippen LogP contribution is 2.11. The Morgan fingerprint density at radius 1 is 1.69 bits per heavy atom. The number of rotatable bonds is 1. The second-order valence-electron chi connectivity index (χ2n) is 3.97. The van der Waals surface area contributed by atoms with E-state index in [0.29, 0.717) is 16.2 Å². The SMILES string of the molecule is C[C@@H]1CN(C(=O)c2ccnc(Br)c2)CCN1. The number of nitrogens with one attached hydrogen (secondary N) is 1. The number of carbonyl (C=O) groups is 1. The quantitative estimate of drug-likeness (QED) is 0.790. The van der Waals surface area contributed by atoms with E-state index in [1.807, 2.05) is 4.90 Å². The van der Waals surface area contributed by atoms with Crippen LogP contribution >= 0.6 is 15.9 Å². The molecule has 86 valence electrons. The number of hydrogen-bond acceptors (Lipinski definition) is 3. The highest BCUT2D eigenvalue weighted by atomic mass is 79.9. The zero-order chi connectivity index (χ0) is 11.5. The number of carbonyl (C=O) groups excluding carboxylic acids is 1. The van der Waals surface area contributed by atoms with Gasteiger partial charge in [0.1, 0.15) is 4.60 Å². The lowest BCUT2D eigenvalue weighted by molar-refractivity contribution is 0.0709. The summed E-state index contributed by atoms with van der Waals surface area (Å²) in [6.07, 6.45) is 1.64. The molecule has 0 radical (unpaired) electrons. The van der Waals surface area contributed by atoms with Crippen molar-refractivity contribution in [1.29, 1.82) is 0 Å². The van der Waals surface area contributed by atoms with Gasteiger partial charge in [0.05, 0.1) is 0 Å². The second-order valence-corrected chi connectivity index (χ2v) is 4.79. The van der Waals surface area contributed by atoms with Crippen LogP contribution in [-0.4, -0.2) is 41.5 Å². The molecule has 1 fully saturated rings. The predicted octanol–water partition coefficient (Wildman–Crippen LogP) is 1.28. The zero-order valence-electron chi connectivity index (χ0n) is 9.11. The first-order valence-corrected chi connectivity index (χ1v) is 6.10. The van der Waals surface area contributed by atoms with Crippen LogP contribution in [0.25, 0.3) is 0 Å². The fourth-order valence-corrected chi connectivity index (χ4v) is 2.20. The molecule has 2 heterocycles. The van der Waals surface area contributed by atoms with Gasteiger partial charge in [-0.2, -0.15) is 0 Å².